The maximum absolute atomic E-state index is 13.4. The van der Waals surface area contributed by atoms with Crippen LogP contribution in [0.2, 0.25) is 0 Å². The molecular formula is C26H31NO5. The van der Waals surface area contributed by atoms with E-state index in [0.29, 0.717) is 22.1 Å². The van der Waals surface area contributed by atoms with E-state index in [1.54, 1.807) is 45.0 Å². The number of nitrogens with zero attached hydrogens (tertiary/aromatic N) is 1. The van der Waals surface area contributed by atoms with Crippen molar-refractivity contribution in [1.29, 1.82) is 0 Å². The summed E-state index contributed by atoms with van der Waals surface area (Å²) in [5.74, 6) is -0.835. The van der Waals surface area contributed by atoms with Crippen molar-refractivity contribution in [1.82, 2.24) is 4.57 Å². The average molecular weight is 438 g/mol. The molecule has 3 aromatic rings. The van der Waals surface area contributed by atoms with Gasteiger partial charge in [0.2, 0.25) is 0 Å². The topological polar surface area (TPSA) is 77.8 Å². The number of hydrogen-bond acceptors (Lipinski definition) is 5. The lowest BCUT2D eigenvalue weighted by Gasteiger charge is -2.29. The number of hydrogen-bond donors (Lipinski definition) is 1. The lowest BCUT2D eigenvalue weighted by molar-refractivity contribution is -0.147. The Bertz CT molecular complexity index is 1160. The van der Waals surface area contributed by atoms with Crippen LogP contribution in [0.15, 0.2) is 42.5 Å². The zero-order chi connectivity index (χ0) is 23.6. The quantitative estimate of drug-likeness (QED) is 0.509. The fourth-order valence-corrected chi connectivity index (χ4v) is 4.50. The summed E-state index contributed by atoms with van der Waals surface area (Å²) in [7, 11) is 0. The number of aromatic nitrogens is 1. The third-order valence-electron chi connectivity index (χ3n) is 5.92. The van der Waals surface area contributed by atoms with E-state index in [0.717, 1.165) is 11.2 Å². The van der Waals surface area contributed by atoms with Crippen molar-refractivity contribution in [3.8, 4) is 5.75 Å². The van der Waals surface area contributed by atoms with Gasteiger partial charge in [-0.1, -0.05) is 24.3 Å². The van der Waals surface area contributed by atoms with Crippen LogP contribution in [0.4, 0.5) is 0 Å². The summed E-state index contributed by atoms with van der Waals surface area (Å²) >= 11 is 0. The molecule has 0 aliphatic carbocycles. The van der Waals surface area contributed by atoms with Crippen molar-refractivity contribution in [2.75, 3.05) is 13.2 Å². The predicted octanol–water partition coefficient (Wildman–Crippen LogP) is 5.28. The van der Waals surface area contributed by atoms with E-state index >= 15 is 0 Å². The normalized spacial score (nSPS) is 13.2. The van der Waals surface area contributed by atoms with Gasteiger partial charge in [-0.05, 0) is 70.9 Å². The first kappa shape index (κ1) is 23.4. The van der Waals surface area contributed by atoms with Crippen molar-refractivity contribution in [2.45, 2.75) is 53.0 Å². The summed E-state index contributed by atoms with van der Waals surface area (Å²) < 4.78 is 13.0. The Morgan fingerprint density at radius 1 is 1.06 bits per heavy atom. The highest BCUT2D eigenvalue weighted by Gasteiger charge is 2.42. The molecule has 6 nitrogen and oxygen atoms in total. The molecule has 1 N–H and O–H groups in total. The van der Waals surface area contributed by atoms with E-state index in [1.807, 2.05) is 39.0 Å². The lowest BCUT2D eigenvalue weighted by atomic mass is 9.74. The zero-order valence-corrected chi connectivity index (χ0v) is 19.6. The standard InChI is InChI=1S/C26H31NO5/c1-7-31-24(29)22-17(5)27(16(3)4)21-14-10-13-20(23(21)22)26(6,25(30)32-8-2)18-11-9-12-19(28)15-18/h9-16,28H,7-8H2,1-6H3. The molecule has 1 aromatic heterocycles. The van der Waals surface area contributed by atoms with Gasteiger partial charge in [-0.25, -0.2) is 4.79 Å². The summed E-state index contributed by atoms with van der Waals surface area (Å²) in [6.07, 6.45) is 0. The minimum Gasteiger partial charge on any atom is -0.508 e. The molecule has 0 aliphatic heterocycles. The highest BCUT2D eigenvalue weighted by atomic mass is 16.5. The maximum atomic E-state index is 13.4. The molecule has 0 amide bonds. The number of rotatable bonds is 7. The Kier molecular flexibility index (Phi) is 6.63. The summed E-state index contributed by atoms with van der Waals surface area (Å²) in [6.45, 7) is 11.7. The van der Waals surface area contributed by atoms with Gasteiger partial charge in [-0.3, -0.25) is 4.79 Å². The lowest BCUT2D eigenvalue weighted by Crippen LogP contribution is -2.36. The minimum absolute atomic E-state index is 0.0479. The van der Waals surface area contributed by atoms with E-state index in [4.69, 9.17) is 9.47 Å². The molecule has 1 unspecified atom stereocenters. The van der Waals surface area contributed by atoms with Crippen LogP contribution in [0.25, 0.3) is 10.9 Å². The van der Waals surface area contributed by atoms with Crippen LogP contribution in [0.3, 0.4) is 0 Å². The first-order valence-electron chi connectivity index (χ1n) is 11.0. The number of fused-ring (bicyclic) bond motifs is 1. The van der Waals surface area contributed by atoms with Crippen LogP contribution in [0, 0.1) is 6.92 Å². The highest BCUT2D eigenvalue weighted by molar-refractivity contribution is 6.09. The van der Waals surface area contributed by atoms with Crippen LogP contribution in [-0.4, -0.2) is 34.8 Å². The number of carbonyl (C=O) groups excluding carboxylic acids is 2. The van der Waals surface area contributed by atoms with Gasteiger partial charge in [0.15, 0.2) is 0 Å². The third-order valence-corrected chi connectivity index (χ3v) is 5.92. The number of aromatic hydroxyl groups is 1. The van der Waals surface area contributed by atoms with Crippen LogP contribution in [0.5, 0.6) is 5.75 Å². The molecule has 0 aliphatic rings. The molecule has 0 fully saturated rings. The smallest absolute Gasteiger partial charge is 0.340 e. The van der Waals surface area contributed by atoms with Gasteiger partial charge in [0.05, 0.1) is 18.8 Å². The predicted molar refractivity (Wildman–Crippen MR) is 124 cm³/mol. The van der Waals surface area contributed by atoms with Crippen molar-refractivity contribution >= 4 is 22.8 Å². The molecule has 170 valence electrons. The van der Waals surface area contributed by atoms with E-state index in [2.05, 4.69) is 4.57 Å². The van der Waals surface area contributed by atoms with Gasteiger partial charge in [0, 0.05) is 22.6 Å². The van der Waals surface area contributed by atoms with Crippen molar-refractivity contribution in [2.24, 2.45) is 0 Å². The second-order valence-electron chi connectivity index (χ2n) is 8.24. The van der Waals surface area contributed by atoms with E-state index in [1.165, 1.54) is 0 Å². The van der Waals surface area contributed by atoms with Gasteiger partial charge in [-0.15, -0.1) is 0 Å². The zero-order valence-electron chi connectivity index (χ0n) is 19.6. The van der Waals surface area contributed by atoms with E-state index in [9.17, 15) is 14.7 Å². The Hall–Kier alpha value is -3.28. The SMILES string of the molecule is CCOC(=O)c1c(C)n(C(C)C)c2cccc(C(C)(C(=O)OCC)c3cccc(O)c3)c12. The molecule has 32 heavy (non-hydrogen) atoms. The van der Waals surface area contributed by atoms with Crippen molar-refractivity contribution < 1.29 is 24.2 Å². The number of esters is 2. The Labute approximate surface area is 188 Å². The second kappa shape index (κ2) is 9.07. The van der Waals surface area contributed by atoms with Crippen LogP contribution in [-0.2, 0) is 19.7 Å². The monoisotopic (exact) mass is 437 g/mol. The minimum atomic E-state index is -1.26. The summed E-state index contributed by atoms with van der Waals surface area (Å²) in [4.78, 5) is 26.5. The molecule has 0 saturated heterocycles. The van der Waals surface area contributed by atoms with Gasteiger partial charge < -0.3 is 19.1 Å². The summed E-state index contributed by atoms with van der Waals surface area (Å²) in [5.41, 5.74) is 2.02. The Balaban J connectivity index is 2.47. The fraction of sp³-hybridized carbons (Fsp3) is 0.385. The van der Waals surface area contributed by atoms with E-state index < -0.39 is 17.4 Å². The van der Waals surface area contributed by atoms with Crippen LogP contribution < -0.4 is 0 Å². The Morgan fingerprint density at radius 2 is 1.72 bits per heavy atom. The average Bonchev–Trinajstić information content (AvgIpc) is 3.05. The van der Waals surface area contributed by atoms with Crippen LogP contribution in [0.1, 0.15) is 67.8 Å². The molecule has 1 heterocycles. The maximum Gasteiger partial charge on any atom is 0.340 e. The molecule has 0 spiro atoms. The van der Waals surface area contributed by atoms with Crippen molar-refractivity contribution in [3.05, 3.63) is 64.8 Å². The molecule has 0 bridgehead atoms. The number of carbonyl (C=O) groups is 2. The van der Waals surface area contributed by atoms with Crippen molar-refractivity contribution in [3.63, 3.8) is 0 Å². The number of ether oxygens (including phenoxy) is 2. The number of phenols is 1. The second-order valence-corrected chi connectivity index (χ2v) is 8.24. The molecule has 0 radical (unpaired) electrons. The summed E-state index contributed by atoms with van der Waals surface area (Å²) in [6, 6.07) is 12.4. The van der Waals surface area contributed by atoms with Gasteiger partial charge in [0.1, 0.15) is 11.2 Å². The van der Waals surface area contributed by atoms with Crippen LogP contribution >= 0.6 is 0 Å². The highest BCUT2D eigenvalue weighted by Crippen LogP contribution is 2.42. The first-order chi connectivity index (χ1) is 15.2. The van der Waals surface area contributed by atoms with Gasteiger partial charge >= 0.3 is 11.9 Å². The first-order valence-corrected chi connectivity index (χ1v) is 11.0. The number of phenolic OH excluding ortho intramolecular Hbond substituents is 1. The van der Waals surface area contributed by atoms with Gasteiger partial charge in [-0.2, -0.15) is 0 Å². The largest absolute Gasteiger partial charge is 0.508 e. The molecule has 2 aromatic carbocycles. The summed E-state index contributed by atoms with van der Waals surface area (Å²) in [5, 5.41) is 10.8. The van der Waals surface area contributed by atoms with E-state index in [-0.39, 0.29) is 25.0 Å². The third kappa shape index (κ3) is 3.74. The number of benzene rings is 2. The molecule has 1 atom stereocenters. The Morgan fingerprint density at radius 3 is 2.31 bits per heavy atom. The molecular weight excluding hydrogens is 406 g/mol. The fourth-order valence-electron chi connectivity index (χ4n) is 4.50. The molecule has 0 saturated carbocycles. The van der Waals surface area contributed by atoms with Gasteiger partial charge in [0.25, 0.3) is 0 Å². The molecule has 6 heteroatoms. The molecule has 3 rings (SSSR count).